The minimum Gasteiger partial charge on any atom is -0.350 e. The van der Waals surface area contributed by atoms with Crippen molar-refractivity contribution in [3.63, 3.8) is 0 Å². The van der Waals surface area contributed by atoms with E-state index in [-0.39, 0.29) is 23.1 Å². The van der Waals surface area contributed by atoms with Crippen LogP contribution in [0.15, 0.2) is 53.4 Å². The smallest absolute Gasteiger partial charge is 0.242 e. The minimum atomic E-state index is -0.619. The molecule has 0 spiro atoms. The van der Waals surface area contributed by atoms with Crippen molar-refractivity contribution in [3.8, 4) is 0 Å². The number of rotatable bonds is 7. The number of thioether (sulfide) groups is 1. The van der Waals surface area contributed by atoms with Crippen LogP contribution >= 0.6 is 35.0 Å². The van der Waals surface area contributed by atoms with Crippen LogP contribution in [-0.2, 0) is 16.1 Å². The number of benzene rings is 2. The first-order valence-electron chi connectivity index (χ1n) is 9.29. The maximum atomic E-state index is 13.1. The molecule has 0 saturated heterocycles. The van der Waals surface area contributed by atoms with Gasteiger partial charge in [0.2, 0.25) is 11.8 Å². The number of halogens is 2. The first kappa shape index (κ1) is 23.6. The Morgan fingerprint density at radius 2 is 1.72 bits per heavy atom. The maximum absolute atomic E-state index is 13.1. The Morgan fingerprint density at radius 3 is 2.31 bits per heavy atom. The molecule has 0 aliphatic rings. The normalized spacial score (nSPS) is 12.3. The van der Waals surface area contributed by atoms with Crippen molar-refractivity contribution in [2.75, 3.05) is 5.75 Å². The van der Waals surface area contributed by atoms with E-state index >= 15 is 0 Å². The van der Waals surface area contributed by atoms with E-state index in [0.717, 1.165) is 10.5 Å². The van der Waals surface area contributed by atoms with E-state index in [2.05, 4.69) is 5.32 Å². The molecule has 4 nitrogen and oxygen atoms in total. The van der Waals surface area contributed by atoms with E-state index in [1.54, 1.807) is 30.0 Å². The third-order valence-corrected chi connectivity index (χ3v) is 5.57. The molecule has 7 heteroatoms. The molecular weight excluding hydrogens is 427 g/mol. The molecule has 0 saturated carbocycles. The van der Waals surface area contributed by atoms with Gasteiger partial charge in [-0.05, 0) is 69.7 Å². The third kappa shape index (κ3) is 7.92. The molecule has 0 aliphatic carbocycles. The van der Waals surface area contributed by atoms with Crippen LogP contribution in [0, 0.1) is 0 Å². The van der Waals surface area contributed by atoms with Gasteiger partial charge >= 0.3 is 0 Å². The zero-order chi connectivity index (χ0) is 21.6. The molecule has 0 heterocycles. The zero-order valence-corrected chi connectivity index (χ0v) is 19.4. The topological polar surface area (TPSA) is 49.4 Å². The van der Waals surface area contributed by atoms with Crippen LogP contribution in [0.4, 0.5) is 0 Å². The lowest BCUT2D eigenvalue weighted by Crippen LogP contribution is -2.52. The van der Waals surface area contributed by atoms with Crippen molar-refractivity contribution in [1.82, 2.24) is 10.2 Å². The van der Waals surface area contributed by atoms with Gasteiger partial charge in [-0.3, -0.25) is 9.59 Å². The Hall–Kier alpha value is -1.69. The van der Waals surface area contributed by atoms with Gasteiger partial charge in [-0.1, -0.05) is 35.3 Å². The van der Waals surface area contributed by atoms with Crippen LogP contribution in [0.3, 0.4) is 0 Å². The fourth-order valence-corrected chi connectivity index (χ4v) is 3.77. The molecule has 2 amide bonds. The fraction of sp³-hybridized carbons (Fsp3) is 0.364. The third-order valence-electron chi connectivity index (χ3n) is 4.08. The zero-order valence-electron chi connectivity index (χ0n) is 17.0. The molecule has 1 N–H and O–H groups in total. The second kappa shape index (κ2) is 10.4. The number of hydrogen-bond acceptors (Lipinski definition) is 3. The lowest BCUT2D eigenvalue weighted by Gasteiger charge is -2.31. The van der Waals surface area contributed by atoms with E-state index in [4.69, 9.17) is 23.2 Å². The van der Waals surface area contributed by atoms with Crippen molar-refractivity contribution >= 4 is 46.8 Å². The van der Waals surface area contributed by atoms with Crippen molar-refractivity contribution in [2.45, 2.75) is 50.7 Å². The molecule has 2 rings (SSSR count). The van der Waals surface area contributed by atoms with E-state index < -0.39 is 6.04 Å². The lowest BCUT2D eigenvalue weighted by atomic mass is 10.1. The number of nitrogens with one attached hydrogen (secondary N) is 1. The Kier molecular flexibility index (Phi) is 8.44. The first-order valence-corrected chi connectivity index (χ1v) is 11.0. The molecule has 1 unspecified atom stereocenters. The highest BCUT2D eigenvalue weighted by atomic mass is 35.5. The fourth-order valence-electron chi connectivity index (χ4n) is 2.65. The SMILES string of the molecule is CC(C(=O)NC(C)(C)C)N(Cc1cccc(Cl)c1)C(=O)CSc1ccc(Cl)cc1. The Balaban J connectivity index is 2.16. The van der Waals surface area contributed by atoms with Crippen LogP contribution in [0.2, 0.25) is 10.0 Å². The average molecular weight is 453 g/mol. The van der Waals surface area contributed by atoms with Gasteiger partial charge in [0.15, 0.2) is 0 Å². The van der Waals surface area contributed by atoms with Gasteiger partial charge in [-0.15, -0.1) is 11.8 Å². The first-order chi connectivity index (χ1) is 13.5. The van der Waals surface area contributed by atoms with Gasteiger partial charge in [-0.25, -0.2) is 0 Å². The predicted octanol–water partition coefficient (Wildman–Crippen LogP) is 5.42. The number of carbonyl (C=O) groups is 2. The van der Waals surface area contributed by atoms with Crippen molar-refractivity contribution in [2.24, 2.45) is 0 Å². The lowest BCUT2D eigenvalue weighted by molar-refractivity contribution is -0.139. The summed E-state index contributed by atoms with van der Waals surface area (Å²) < 4.78 is 0. The number of nitrogens with zero attached hydrogens (tertiary/aromatic N) is 1. The van der Waals surface area contributed by atoms with E-state index in [1.807, 2.05) is 51.1 Å². The van der Waals surface area contributed by atoms with Crippen LogP contribution in [-0.4, -0.2) is 34.0 Å². The van der Waals surface area contributed by atoms with Crippen LogP contribution in [0.25, 0.3) is 0 Å². The monoisotopic (exact) mass is 452 g/mol. The summed E-state index contributed by atoms with van der Waals surface area (Å²) in [6.45, 7) is 7.79. The second-order valence-electron chi connectivity index (χ2n) is 7.81. The van der Waals surface area contributed by atoms with Crippen molar-refractivity contribution in [3.05, 3.63) is 64.1 Å². The highest BCUT2D eigenvalue weighted by Crippen LogP contribution is 2.22. The largest absolute Gasteiger partial charge is 0.350 e. The van der Waals surface area contributed by atoms with Crippen LogP contribution in [0.1, 0.15) is 33.3 Å². The van der Waals surface area contributed by atoms with Crippen molar-refractivity contribution in [1.29, 1.82) is 0 Å². The molecule has 0 bridgehead atoms. The van der Waals surface area contributed by atoms with E-state index in [9.17, 15) is 9.59 Å². The average Bonchev–Trinajstić information content (AvgIpc) is 2.63. The molecular formula is C22H26Cl2N2O2S. The van der Waals surface area contributed by atoms with Gasteiger partial charge < -0.3 is 10.2 Å². The number of carbonyl (C=O) groups excluding carboxylic acids is 2. The van der Waals surface area contributed by atoms with Crippen molar-refractivity contribution < 1.29 is 9.59 Å². The van der Waals surface area contributed by atoms with Gasteiger partial charge in [0, 0.05) is 27.0 Å². The molecule has 0 aromatic heterocycles. The minimum absolute atomic E-state index is 0.124. The summed E-state index contributed by atoms with van der Waals surface area (Å²) in [4.78, 5) is 28.3. The molecule has 156 valence electrons. The highest BCUT2D eigenvalue weighted by molar-refractivity contribution is 8.00. The summed E-state index contributed by atoms with van der Waals surface area (Å²) >= 11 is 13.4. The number of amides is 2. The number of hydrogen-bond donors (Lipinski definition) is 1. The molecule has 29 heavy (non-hydrogen) atoms. The maximum Gasteiger partial charge on any atom is 0.242 e. The standard InChI is InChI=1S/C22H26Cl2N2O2S/c1-15(21(28)25-22(2,3)4)26(13-16-6-5-7-18(24)12-16)20(27)14-29-19-10-8-17(23)9-11-19/h5-12,15H,13-14H2,1-4H3,(H,25,28). The van der Waals surface area contributed by atoms with Gasteiger partial charge in [0.25, 0.3) is 0 Å². The highest BCUT2D eigenvalue weighted by Gasteiger charge is 2.28. The summed E-state index contributed by atoms with van der Waals surface area (Å²) in [7, 11) is 0. The Morgan fingerprint density at radius 1 is 1.07 bits per heavy atom. The Bertz CT molecular complexity index is 851. The summed E-state index contributed by atoms with van der Waals surface area (Å²) in [5.41, 5.74) is 0.492. The van der Waals surface area contributed by atoms with Gasteiger partial charge in [0.05, 0.1) is 5.75 Å². The summed E-state index contributed by atoms with van der Waals surface area (Å²) in [5.74, 6) is -0.0964. The molecule has 0 radical (unpaired) electrons. The Labute approximate surface area is 187 Å². The molecule has 1 atom stereocenters. The molecule has 0 aliphatic heterocycles. The van der Waals surface area contributed by atoms with Crippen LogP contribution in [0.5, 0.6) is 0 Å². The van der Waals surface area contributed by atoms with Crippen LogP contribution < -0.4 is 5.32 Å². The molecule has 2 aromatic rings. The summed E-state index contributed by atoms with van der Waals surface area (Å²) in [5, 5.41) is 4.19. The second-order valence-corrected chi connectivity index (χ2v) is 9.73. The van der Waals surface area contributed by atoms with E-state index in [0.29, 0.717) is 16.6 Å². The van der Waals surface area contributed by atoms with E-state index in [1.165, 1.54) is 11.8 Å². The quantitative estimate of drug-likeness (QED) is 0.570. The predicted molar refractivity (Wildman–Crippen MR) is 122 cm³/mol. The van der Waals surface area contributed by atoms with Gasteiger partial charge in [-0.2, -0.15) is 0 Å². The molecule has 0 fully saturated rings. The summed E-state index contributed by atoms with van der Waals surface area (Å²) in [6.07, 6.45) is 0. The summed E-state index contributed by atoms with van der Waals surface area (Å²) in [6, 6.07) is 14.0. The van der Waals surface area contributed by atoms with Gasteiger partial charge in [0.1, 0.15) is 6.04 Å². The molecule has 2 aromatic carbocycles.